The molecule has 0 unspecified atom stereocenters. The molecule has 0 radical (unpaired) electrons. The van der Waals surface area contributed by atoms with Gasteiger partial charge in [0.2, 0.25) is 0 Å². The topological polar surface area (TPSA) is 26.0 Å². The normalized spacial score (nSPS) is 12.7. The van der Waals surface area contributed by atoms with Crippen LogP contribution < -0.4 is 5.73 Å². The highest BCUT2D eigenvalue weighted by molar-refractivity contribution is 9.11. The van der Waals surface area contributed by atoms with Crippen molar-refractivity contribution in [1.29, 1.82) is 0 Å². The van der Waals surface area contributed by atoms with E-state index in [2.05, 4.69) is 50.1 Å². The van der Waals surface area contributed by atoms with E-state index in [1.54, 1.807) is 11.3 Å². The van der Waals surface area contributed by atoms with E-state index >= 15 is 0 Å². The lowest BCUT2D eigenvalue weighted by molar-refractivity contribution is 0.891. The summed E-state index contributed by atoms with van der Waals surface area (Å²) >= 11 is 8.61. The van der Waals surface area contributed by atoms with E-state index in [4.69, 9.17) is 5.73 Å². The van der Waals surface area contributed by atoms with E-state index in [0.717, 1.165) is 14.5 Å². The molecular weight excluding hydrogens is 338 g/mol. The van der Waals surface area contributed by atoms with Crippen LogP contribution in [0.3, 0.4) is 0 Å². The van der Waals surface area contributed by atoms with Gasteiger partial charge in [-0.15, -0.1) is 11.3 Å². The Morgan fingerprint density at radius 2 is 1.80 bits per heavy atom. The standard InChI is InChI=1S/C11H9Br2NS/c12-8-4-7(5-9(13)6-8)11(14)10-2-1-3-15-10/h1-6,11H,14H2/t11-/m0/s1. The van der Waals surface area contributed by atoms with Crippen molar-refractivity contribution in [2.75, 3.05) is 0 Å². The van der Waals surface area contributed by atoms with Crippen molar-refractivity contribution >= 4 is 43.2 Å². The third kappa shape index (κ3) is 2.69. The highest BCUT2D eigenvalue weighted by Gasteiger charge is 2.10. The van der Waals surface area contributed by atoms with Gasteiger partial charge < -0.3 is 5.73 Å². The zero-order valence-corrected chi connectivity index (χ0v) is 11.8. The summed E-state index contributed by atoms with van der Waals surface area (Å²) in [7, 11) is 0. The largest absolute Gasteiger partial charge is 0.320 e. The van der Waals surface area contributed by atoms with Crippen LogP contribution in [0.2, 0.25) is 0 Å². The van der Waals surface area contributed by atoms with E-state index < -0.39 is 0 Å². The number of thiophene rings is 1. The van der Waals surface area contributed by atoms with Gasteiger partial charge in [0.15, 0.2) is 0 Å². The van der Waals surface area contributed by atoms with E-state index in [1.807, 2.05) is 17.5 Å². The number of hydrogen-bond donors (Lipinski definition) is 1. The molecule has 4 heteroatoms. The number of hydrogen-bond acceptors (Lipinski definition) is 2. The van der Waals surface area contributed by atoms with E-state index in [-0.39, 0.29) is 6.04 Å². The first-order chi connectivity index (χ1) is 7.16. The van der Waals surface area contributed by atoms with Crippen LogP contribution in [0.25, 0.3) is 0 Å². The van der Waals surface area contributed by atoms with E-state index in [0.29, 0.717) is 0 Å². The minimum Gasteiger partial charge on any atom is -0.320 e. The number of benzene rings is 1. The number of halogens is 2. The van der Waals surface area contributed by atoms with Crippen LogP contribution in [0, 0.1) is 0 Å². The van der Waals surface area contributed by atoms with Crippen molar-refractivity contribution in [2.45, 2.75) is 6.04 Å². The molecule has 0 aliphatic carbocycles. The van der Waals surface area contributed by atoms with Gasteiger partial charge in [-0.1, -0.05) is 37.9 Å². The third-order valence-corrected chi connectivity index (χ3v) is 3.96. The van der Waals surface area contributed by atoms with Crippen molar-refractivity contribution in [3.63, 3.8) is 0 Å². The van der Waals surface area contributed by atoms with E-state index in [9.17, 15) is 0 Å². The maximum Gasteiger partial charge on any atom is 0.0646 e. The quantitative estimate of drug-likeness (QED) is 0.860. The Labute approximate surface area is 110 Å². The second-order valence-corrected chi connectivity index (χ2v) is 6.01. The smallest absolute Gasteiger partial charge is 0.0646 e. The van der Waals surface area contributed by atoms with Gasteiger partial charge >= 0.3 is 0 Å². The lowest BCUT2D eigenvalue weighted by atomic mass is 10.1. The SMILES string of the molecule is N[C@@H](c1cc(Br)cc(Br)c1)c1cccs1. The van der Waals surface area contributed by atoms with Gasteiger partial charge in [0.25, 0.3) is 0 Å². The monoisotopic (exact) mass is 345 g/mol. The van der Waals surface area contributed by atoms with Crippen LogP contribution in [0.15, 0.2) is 44.7 Å². The molecule has 0 fully saturated rings. The summed E-state index contributed by atoms with van der Waals surface area (Å²) in [6.07, 6.45) is 0. The average molecular weight is 347 g/mol. The molecule has 1 aromatic heterocycles. The van der Waals surface area contributed by atoms with Crippen molar-refractivity contribution in [3.8, 4) is 0 Å². The van der Waals surface area contributed by atoms with Gasteiger partial charge in [0.05, 0.1) is 6.04 Å². The van der Waals surface area contributed by atoms with Crippen LogP contribution in [-0.4, -0.2) is 0 Å². The maximum absolute atomic E-state index is 6.17. The molecule has 2 rings (SSSR count). The van der Waals surface area contributed by atoms with Gasteiger partial charge in [-0.3, -0.25) is 0 Å². The van der Waals surface area contributed by atoms with Gasteiger partial charge in [-0.05, 0) is 35.2 Å². The molecule has 0 bridgehead atoms. The summed E-state index contributed by atoms with van der Waals surface area (Å²) in [5, 5.41) is 2.04. The number of nitrogens with two attached hydrogens (primary N) is 1. The molecule has 15 heavy (non-hydrogen) atoms. The van der Waals surface area contributed by atoms with Crippen LogP contribution >= 0.6 is 43.2 Å². The molecule has 78 valence electrons. The summed E-state index contributed by atoms with van der Waals surface area (Å²) < 4.78 is 2.08. The highest BCUT2D eigenvalue weighted by Crippen LogP contribution is 2.28. The second-order valence-electron chi connectivity index (χ2n) is 3.20. The first-order valence-electron chi connectivity index (χ1n) is 4.42. The lowest BCUT2D eigenvalue weighted by Gasteiger charge is -2.11. The Hall–Kier alpha value is -0.160. The van der Waals surface area contributed by atoms with Gasteiger partial charge in [-0.25, -0.2) is 0 Å². The molecule has 0 amide bonds. The fourth-order valence-corrected chi connectivity index (χ4v) is 3.47. The average Bonchev–Trinajstić information content (AvgIpc) is 2.67. The molecule has 0 aliphatic heterocycles. The van der Waals surface area contributed by atoms with Crippen LogP contribution in [0.1, 0.15) is 16.5 Å². The van der Waals surface area contributed by atoms with E-state index in [1.165, 1.54) is 4.88 Å². The van der Waals surface area contributed by atoms with Crippen molar-refractivity contribution < 1.29 is 0 Å². The maximum atomic E-state index is 6.17. The molecule has 0 aliphatic rings. The molecule has 1 heterocycles. The fraction of sp³-hybridized carbons (Fsp3) is 0.0909. The third-order valence-electron chi connectivity index (χ3n) is 2.09. The molecule has 1 atom stereocenters. The van der Waals surface area contributed by atoms with Gasteiger partial charge in [-0.2, -0.15) is 0 Å². The Bertz CT molecular complexity index is 433. The first-order valence-corrected chi connectivity index (χ1v) is 6.88. The summed E-state index contributed by atoms with van der Waals surface area (Å²) in [6, 6.07) is 10.1. The predicted octanol–water partition coefficient (Wildman–Crippen LogP) is 4.32. The molecule has 0 spiro atoms. The lowest BCUT2D eigenvalue weighted by Crippen LogP contribution is -2.10. The molecule has 0 saturated heterocycles. The van der Waals surface area contributed by atoms with Gasteiger partial charge in [0, 0.05) is 13.8 Å². The van der Waals surface area contributed by atoms with Crippen LogP contribution in [-0.2, 0) is 0 Å². The molecule has 0 saturated carbocycles. The Balaban J connectivity index is 2.37. The zero-order valence-electron chi connectivity index (χ0n) is 7.78. The van der Waals surface area contributed by atoms with Crippen LogP contribution in [0.5, 0.6) is 0 Å². The summed E-state index contributed by atoms with van der Waals surface area (Å²) in [6.45, 7) is 0. The summed E-state index contributed by atoms with van der Waals surface area (Å²) in [5.41, 5.74) is 7.28. The molecular formula is C11H9Br2NS. The van der Waals surface area contributed by atoms with Crippen molar-refractivity contribution in [2.24, 2.45) is 5.73 Å². The van der Waals surface area contributed by atoms with Crippen molar-refractivity contribution in [3.05, 3.63) is 55.1 Å². The second kappa shape index (κ2) is 4.78. The highest BCUT2D eigenvalue weighted by atomic mass is 79.9. The van der Waals surface area contributed by atoms with Crippen LogP contribution in [0.4, 0.5) is 0 Å². The zero-order chi connectivity index (χ0) is 10.8. The Kier molecular flexibility index (Phi) is 3.61. The summed E-state index contributed by atoms with van der Waals surface area (Å²) in [5.74, 6) is 0. The molecule has 2 aromatic rings. The minimum absolute atomic E-state index is 0.0428. The molecule has 1 aromatic carbocycles. The molecule has 2 N–H and O–H groups in total. The van der Waals surface area contributed by atoms with Crippen molar-refractivity contribution in [1.82, 2.24) is 0 Å². The van der Waals surface area contributed by atoms with Gasteiger partial charge in [0.1, 0.15) is 0 Å². The Morgan fingerprint density at radius 3 is 2.33 bits per heavy atom. The minimum atomic E-state index is -0.0428. The number of rotatable bonds is 2. The summed E-state index contributed by atoms with van der Waals surface area (Å²) in [4.78, 5) is 1.18. The Morgan fingerprint density at radius 1 is 1.13 bits per heavy atom. The fourth-order valence-electron chi connectivity index (χ4n) is 1.39. The predicted molar refractivity (Wildman–Crippen MR) is 72.2 cm³/mol. The molecule has 1 nitrogen and oxygen atoms in total. The first kappa shape index (κ1) is 11.3.